The van der Waals surface area contributed by atoms with Crippen molar-refractivity contribution in [2.24, 2.45) is 0 Å². The molecule has 0 radical (unpaired) electrons. The van der Waals surface area contributed by atoms with E-state index < -0.39 is 6.03 Å². The largest absolute Gasteiger partial charge is 0.488 e. The van der Waals surface area contributed by atoms with Crippen molar-refractivity contribution < 1.29 is 14.3 Å². The fourth-order valence-electron chi connectivity index (χ4n) is 3.97. The van der Waals surface area contributed by atoms with E-state index in [9.17, 15) is 9.59 Å². The van der Waals surface area contributed by atoms with E-state index in [-0.39, 0.29) is 18.1 Å². The number of benzene rings is 4. The first-order valence-electron chi connectivity index (χ1n) is 11.2. The number of fused-ring (bicyclic) bond motifs is 1. The van der Waals surface area contributed by atoms with Crippen molar-refractivity contribution in [2.75, 3.05) is 0 Å². The average molecular weight is 449 g/mol. The average Bonchev–Trinajstić information content (AvgIpc) is 3.12. The van der Waals surface area contributed by atoms with Crippen molar-refractivity contribution in [3.05, 3.63) is 119 Å². The number of nitrogens with one attached hydrogen (secondary N) is 1. The van der Waals surface area contributed by atoms with Gasteiger partial charge in [0.2, 0.25) is 0 Å². The van der Waals surface area contributed by atoms with Crippen LogP contribution in [0.25, 0.3) is 16.8 Å². The van der Waals surface area contributed by atoms with Crippen LogP contribution in [0, 0.1) is 6.92 Å². The van der Waals surface area contributed by atoms with Gasteiger partial charge in [-0.3, -0.25) is 9.69 Å². The zero-order chi connectivity index (χ0) is 23.5. The highest BCUT2D eigenvalue weighted by atomic mass is 16.5. The first kappa shape index (κ1) is 21.5. The van der Waals surface area contributed by atoms with E-state index in [1.54, 1.807) is 6.08 Å². The Balaban J connectivity index is 1.33. The lowest BCUT2D eigenvalue weighted by Gasteiger charge is -2.12. The maximum absolute atomic E-state index is 12.9. The SMILES string of the molecule is Cc1ccc(CN2C(=O)N/C(=C/c3ccccc3OCc3ccc4ccccc4c3)C2=O)cc1. The lowest BCUT2D eigenvalue weighted by molar-refractivity contribution is -0.123. The Labute approximate surface area is 198 Å². The molecule has 0 atom stereocenters. The molecule has 34 heavy (non-hydrogen) atoms. The Hall–Kier alpha value is -4.38. The number of rotatable bonds is 6. The number of imide groups is 1. The highest BCUT2D eigenvalue weighted by molar-refractivity contribution is 6.14. The predicted molar refractivity (Wildman–Crippen MR) is 133 cm³/mol. The Kier molecular flexibility index (Phi) is 5.83. The van der Waals surface area contributed by atoms with Gasteiger partial charge in [0.25, 0.3) is 5.91 Å². The lowest BCUT2D eigenvalue weighted by atomic mass is 10.1. The minimum atomic E-state index is -0.425. The maximum atomic E-state index is 12.9. The molecule has 1 fully saturated rings. The van der Waals surface area contributed by atoms with E-state index in [0.717, 1.165) is 27.6 Å². The molecule has 1 heterocycles. The van der Waals surface area contributed by atoms with Gasteiger partial charge in [0.05, 0.1) is 6.54 Å². The number of hydrogen-bond donors (Lipinski definition) is 1. The van der Waals surface area contributed by atoms with Gasteiger partial charge in [0, 0.05) is 5.56 Å². The van der Waals surface area contributed by atoms with Crippen molar-refractivity contribution >= 4 is 28.8 Å². The quantitative estimate of drug-likeness (QED) is 0.299. The summed E-state index contributed by atoms with van der Waals surface area (Å²) in [6, 6.07) is 29.3. The van der Waals surface area contributed by atoms with Gasteiger partial charge >= 0.3 is 6.03 Å². The molecular weight excluding hydrogens is 424 g/mol. The van der Waals surface area contributed by atoms with E-state index in [0.29, 0.717) is 12.4 Å². The summed E-state index contributed by atoms with van der Waals surface area (Å²) >= 11 is 0. The number of para-hydroxylation sites is 1. The van der Waals surface area contributed by atoms with Crippen molar-refractivity contribution in [2.45, 2.75) is 20.1 Å². The Morgan fingerprint density at radius 1 is 0.824 bits per heavy atom. The molecule has 1 N–H and O–H groups in total. The second-order valence-electron chi connectivity index (χ2n) is 8.37. The van der Waals surface area contributed by atoms with Crippen LogP contribution in [0.4, 0.5) is 4.79 Å². The van der Waals surface area contributed by atoms with Gasteiger partial charge < -0.3 is 10.1 Å². The topological polar surface area (TPSA) is 58.6 Å². The van der Waals surface area contributed by atoms with Crippen LogP contribution in [0.1, 0.15) is 22.3 Å². The number of aryl methyl sites for hydroxylation is 1. The van der Waals surface area contributed by atoms with Crippen LogP contribution >= 0.6 is 0 Å². The summed E-state index contributed by atoms with van der Waals surface area (Å²) in [6.45, 7) is 2.62. The molecule has 3 amide bonds. The summed E-state index contributed by atoms with van der Waals surface area (Å²) in [5.41, 5.74) is 4.04. The summed E-state index contributed by atoms with van der Waals surface area (Å²) < 4.78 is 6.10. The first-order chi connectivity index (χ1) is 16.6. The van der Waals surface area contributed by atoms with Gasteiger partial charge in [-0.15, -0.1) is 0 Å². The molecule has 0 saturated carbocycles. The minimum absolute atomic E-state index is 0.225. The van der Waals surface area contributed by atoms with E-state index in [2.05, 4.69) is 29.6 Å². The van der Waals surface area contributed by atoms with Gasteiger partial charge in [0.15, 0.2) is 0 Å². The number of carbonyl (C=O) groups excluding carboxylic acids is 2. The molecule has 0 unspecified atom stereocenters. The normalized spacial score (nSPS) is 14.6. The second-order valence-corrected chi connectivity index (χ2v) is 8.37. The molecule has 0 aliphatic carbocycles. The Bertz CT molecular complexity index is 1410. The van der Waals surface area contributed by atoms with Crippen LogP contribution in [0.5, 0.6) is 5.75 Å². The molecule has 1 aliphatic rings. The van der Waals surface area contributed by atoms with Gasteiger partial charge in [-0.05, 0) is 47.0 Å². The minimum Gasteiger partial charge on any atom is -0.488 e. The van der Waals surface area contributed by atoms with E-state index in [4.69, 9.17) is 4.74 Å². The maximum Gasteiger partial charge on any atom is 0.329 e. The predicted octanol–water partition coefficient (Wildman–Crippen LogP) is 5.82. The summed E-state index contributed by atoms with van der Waals surface area (Å²) in [5.74, 6) is 0.289. The zero-order valence-electron chi connectivity index (χ0n) is 18.8. The monoisotopic (exact) mass is 448 g/mol. The summed E-state index contributed by atoms with van der Waals surface area (Å²) in [4.78, 5) is 26.6. The van der Waals surface area contributed by atoms with Gasteiger partial charge in [0.1, 0.15) is 18.1 Å². The lowest BCUT2D eigenvalue weighted by Crippen LogP contribution is -2.30. The number of urea groups is 1. The van der Waals surface area contributed by atoms with Gasteiger partial charge in [-0.25, -0.2) is 4.79 Å². The standard InChI is InChI=1S/C29H24N2O3/c1-20-10-12-21(13-11-20)18-31-28(32)26(30-29(31)33)17-25-8-4-5-9-27(25)34-19-22-14-15-23-6-2-3-7-24(23)16-22/h2-17H,18-19H2,1H3,(H,30,33)/b26-17+. The number of carbonyl (C=O) groups is 2. The molecule has 5 rings (SSSR count). The van der Waals surface area contributed by atoms with E-state index >= 15 is 0 Å². The van der Waals surface area contributed by atoms with E-state index in [1.165, 1.54) is 10.3 Å². The van der Waals surface area contributed by atoms with Crippen LogP contribution < -0.4 is 10.1 Å². The molecule has 0 aromatic heterocycles. The molecule has 0 spiro atoms. The van der Waals surface area contributed by atoms with Crippen molar-refractivity contribution in [1.82, 2.24) is 10.2 Å². The number of amides is 3. The highest BCUT2D eigenvalue weighted by Crippen LogP contribution is 2.25. The molecule has 0 bridgehead atoms. The molecule has 4 aromatic rings. The van der Waals surface area contributed by atoms with Crippen molar-refractivity contribution in [3.63, 3.8) is 0 Å². The van der Waals surface area contributed by atoms with Crippen LogP contribution in [0.3, 0.4) is 0 Å². The van der Waals surface area contributed by atoms with Crippen molar-refractivity contribution in [1.29, 1.82) is 0 Å². The molecule has 4 aromatic carbocycles. The summed E-state index contributed by atoms with van der Waals surface area (Å²) in [7, 11) is 0. The zero-order valence-corrected chi connectivity index (χ0v) is 18.8. The molecule has 1 saturated heterocycles. The smallest absolute Gasteiger partial charge is 0.329 e. The van der Waals surface area contributed by atoms with Crippen LogP contribution in [-0.2, 0) is 17.9 Å². The first-order valence-corrected chi connectivity index (χ1v) is 11.2. The third-order valence-corrected chi connectivity index (χ3v) is 5.85. The fourth-order valence-corrected chi connectivity index (χ4v) is 3.97. The molecule has 1 aliphatic heterocycles. The Morgan fingerprint density at radius 3 is 2.35 bits per heavy atom. The molecule has 5 heteroatoms. The number of ether oxygens (including phenoxy) is 1. The third-order valence-electron chi connectivity index (χ3n) is 5.85. The summed E-state index contributed by atoms with van der Waals surface area (Å²) in [6.07, 6.45) is 1.67. The number of hydrogen-bond acceptors (Lipinski definition) is 3. The second kappa shape index (κ2) is 9.24. The fraction of sp³-hybridized carbons (Fsp3) is 0.103. The van der Waals surface area contributed by atoms with Crippen molar-refractivity contribution in [3.8, 4) is 5.75 Å². The summed E-state index contributed by atoms with van der Waals surface area (Å²) in [5, 5.41) is 5.04. The molecule has 168 valence electrons. The van der Waals surface area contributed by atoms with E-state index in [1.807, 2.05) is 73.7 Å². The molecule has 5 nitrogen and oxygen atoms in total. The van der Waals surface area contributed by atoms with Gasteiger partial charge in [-0.1, -0.05) is 84.4 Å². The molecular formula is C29H24N2O3. The van der Waals surface area contributed by atoms with Crippen LogP contribution in [-0.4, -0.2) is 16.8 Å². The Morgan fingerprint density at radius 2 is 1.53 bits per heavy atom. The van der Waals surface area contributed by atoms with Gasteiger partial charge in [-0.2, -0.15) is 0 Å². The third kappa shape index (κ3) is 4.55. The number of nitrogens with zero attached hydrogens (tertiary/aromatic N) is 1. The van der Waals surface area contributed by atoms with Crippen LogP contribution in [0.15, 0.2) is 96.7 Å². The van der Waals surface area contributed by atoms with Crippen LogP contribution in [0.2, 0.25) is 0 Å². The highest BCUT2D eigenvalue weighted by Gasteiger charge is 2.33.